The average Bonchev–Trinajstić information content (AvgIpc) is 3.72. The first-order valence-corrected chi connectivity index (χ1v) is 17.4. The summed E-state index contributed by atoms with van der Waals surface area (Å²) in [6, 6.07) is 3.13. The molecule has 4 N–H and O–H groups in total. The molecule has 4 unspecified atom stereocenters. The SMILES string of the molecule is CC(=O)Oc1ccc(COP(=O)(OC(O)[C@H]2O[C@@H](n3cc(C)c(=O)[nH]c3=O)CC2N=[N+]=[N-])OC(O)[C@H]2O[C@@H](n3cc(C)c(=O)[nH]c3=O)CC2N=[N+]=[N-])cc1. The fraction of sp³-hybridized carbons (Fsp3) is 0.483. The lowest BCUT2D eigenvalue weighted by Crippen LogP contribution is -2.38. The Morgan fingerprint density at radius 1 is 0.889 bits per heavy atom. The molecule has 0 spiro atoms. The second-order valence-corrected chi connectivity index (χ2v) is 13.6. The number of ether oxygens (including phenoxy) is 3. The molecule has 2 saturated heterocycles. The number of phosphoric acid groups is 1. The summed E-state index contributed by atoms with van der Waals surface area (Å²) in [7, 11) is -5.21. The van der Waals surface area contributed by atoms with E-state index in [-0.39, 0.29) is 29.7 Å². The molecular weight excluding hydrogens is 743 g/mol. The highest BCUT2D eigenvalue weighted by Crippen LogP contribution is 2.54. The van der Waals surface area contributed by atoms with Crippen LogP contribution in [0.4, 0.5) is 0 Å². The van der Waals surface area contributed by atoms with Crippen LogP contribution in [0.25, 0.3) is 20.9 Å². The Morgan fingerprint density at radius 2 is 1.33 bits per heavy atom. The molecule has 2 aliphatic rings. The van der Waals surface area contributed by atoms with Crippen molar-refractivity contribution in [2.45, 2.75) is 89.5 Å². The quantitative estimate of drug-likeness (QED) is 0.0343. The third kappa shape index (κ3) is 9.21. The number of esters is 1. The fourth-order valence-corrected chi connectivity index (χ4v) is 6.86. The topological polar surface area (TPSA) is 337 Å². The molecule has 5 rings (SSSR count). The van der Waals surface area contributed by atoms with Gasteiger partial charge in [-0.1, -0.05) is 22.4 Å². The number of nitrogens with zero attached hydrogens (tertiary/aromatic N) is 8. The summed E-state index contributed by atoms with van der Waals surface area (Å²) < 4.78 is 49.0. The van der Waals surface area contributed by atoms with E-state index >= 15 is 0 Å². The van der Waals surface area contributed by atoms with Crippen LogP contribution < -0.4 is 27.2 Å². The largest absolute Gasteiger partial charge is 0.479 e. The van der Waals surface area contributed by atoms with Gasteiger partial charge in [-0.05, 0) is 42.6 Å². The molecule has 2 aromatic heterocycles. The number of benzene rings is 1. The monoisotopic (exact) mass is 776 g/mol. The number of aryl methyl sites for hydroxylation is 2. The van der Waals surface area contributed by atoms with Crippen LogP contribution in [0.5, 0.6) is 5.75 Å². The van der Waals surface area contributed by atoms with E-state index in [2.05, 4.69) is 30.0 Å². The van der Waals surface area contributed by atoms with Gasteiger partial charge < -0.3 is 24.4 Å². The fourth-order valence-electron chi connectivity index (χ4n) is 5.61. The van der Waals surface area contributed by atoms with E-state index in [9.17, 15) is 49.8 Å². The number of H-pyrrole nitrogens is 2. The molecule has 25 heteroatoms. The van der Waals surface area contributed by atoms with Crippen LogP contribution in [0.1, 0.15) is 48.9 Å². The number of carbonyl (C=O) groups excluding carboxylic acids is 1. The molecule has 2 aliphatic heterocycles. The number of aromatic amines is 2. The molecular formula is C29H33N10O14P. The van der Waals surface area contributed by atoms with E-state index in [1.54, 1.807) is 0 Å². The van der Waals surface area contributed by atoms with Crippen molar-refractivity contribution < 1.29 is 47.4 Å². The van der Waals surface area contributed by atoms with Crippen molar-refractivity contribution in [1.82, 2.24) is 19.1 Å². The van der Waals surface area contributed by atoms with E-state index in [4.69, 9.17) is 27.8 Å². The van der Waals surface area contributed by atoms with Gasteiger partial charge in [0.15, 0.2) is 12.6 Å². The first-order chi connectivity index (χ1) is 25.6. The predicted molar refractivity (Wildman–Crippen MR) is 179 cm³/mol. The van der Waals surface area contributed by atoms with Crippen molar-refractivity contribution in [3.63, 3.8) is 0 Å². The van der Waals surface area contributed by atoms with Crippen LogP contribution in [0.2, 0.25) is 0 Å². The number of aromatic nitrogens is 4. The van der Waals surface area contributed by atoms with E-state index in [1.807, 2.05) is 0 Å². The molecule has 2 fully saturated rings. The van der Waals surface area contributed by atoms with E-state index in [0.717, 1.165) is 9.13 Å². The predicted octanol–water partition coefficient (Wildman–Crippen LogP) is 1.56. The third-order valence-corrected chi connectivity index (χ3v) is 9.59. The molecule has 0 amide bonds. The van der Waals surface area contributed by atoms with E-state index in [0.29, 0.717) is 5.56 Å². The number of hydrogen-bond donors (Lipinski definition) is 4. The Balaban J connectivity index is 1.42. The second kappa shape index (κ2) is 16.7. The maximum absolute atomic E-state index is 14.3. The minimum atomic E-state index is -5.21. The Bertz CT molecular complexity index is 2140. The maximum atomic E-state index is 14.3. The Kier molecular flexibility index (Phi) is 12.3. The van der Waals surface area contributed by atoms with Crippen molar-refractivity contribution in [3.8, 4) is 5.75 Å². The van der Waals surface area contributed by atoms with Gasteiger partial charge in [0.25, 0.3) is 11.1 Å². The highest BCUT2D eigenvalue weighted by atomic mass is 31.2. The first kappa shape index (κ1) is 39.8. The van der Waals surface area contributed by atoms with Gasteiger partial charge in [0, 0.05) is 53.1 Å². The zero-order chi connectivity index (χ0) is 39.3. The average molecular weight is 777 g/mol. The molecule has 0 bridgehead atoms. The van der Waals surface area contributed by atoms with Crippen molar-refractivity contribution in [2.75, 3.05) is 0 Å². The number of rotatable bonds is 14. The number of carbonyl (C=O) groups is 1. The Hall–Kier alpha value is -5.38. The van der Waals surface area contributed by atoms with Crippen molar-refractivity contribution in [3.05, 3.63) is 116 Å². The van der Waals surface area contributed by atoms with Crippen LogP contribution in [-0.2, 0) is 39.0 Å². The summed E-state index contributed by atoms with van der Waals surface area (Å²) >= 11 is 0. The molecule has 0 aliphatic carbocycles. The van der Waals surface area contributed by atoms with Gasteiger partial charge in [0.1, 0.15) is 30.4 Å². The molecule has 0 saturated carbocycles. The second-order valence-electron chi connectivity index (χ2n) is 12.0. The minimum absolute atomic E-state index is 0.135. The lowest BCUT2D eigenvalue weighted by Gasteiger charge is -2.29. The first-order valence-electron chi connectivity index (χ1n) is 15.9. The van der Waals surface area contributed by atoms with Crippen molar-refractivity contribution in [1.29, 1.82) is 0 Å². The number of aliphatic hydroxyl groups is 2. The number of azide groups is 2. The summed E-state index contributed by atoms with van der Waals surface area (Å²) in [4.78, 5) is 69.9. The van der Waals surface area contributed by atoms with E-state index in [1.165, 1.54) is 57.4 Å². The smallest absolute Gasteiger partial charge is 0.427 e. The molecule has 1 aromatic carbocycles. The summed E-state index contributed by atoms with van der Waals surface area (Å²) in [5, 5.41) is 29.6. The Morgan fingerprint density at radius 3 is 1.74 bits per heavy atom. The number of aliphatic hydroxyl groups excluding tert-OH is 2. The number of nitrogens with one attached hydrogen (secondary N) is 2. The van der Waals surface area contributed by atoms with Gasteiger partial charge >= 0.3 is 25.2 Å². The summed E-state index contributed by atoms with van der Waals surface area (Å²) in [5.41, 5.74) is 15.9. The number of hydrogen-bond acceptors (Lipinski definition) is 16. The molecule has 8 atom stereocenters. The summed E-state index contributed by atoms with van der Waals surface area (Å²) in [6.07, 6.45) is -8.39. The zero-order valence-corrected chi connectivity index (χ0v) is 29.4. The third-order valence-electron chi connectivity index (χ3n) is 8.20. The summed E-state index contributed by atoms with van der Waals surface area (Å²) in [6.45, 7) is 3.47. The summed E-state index contributed by atoms with van der Waals surface area (Å²) in [5.74, 6) is -0.407. The minimum Gasteiger partial charge on any atom is -0.427 e. The van der Waals surface area contributed by atoms with Gasteiger partial charge in [-0.2, -0.15) is 0 Å². The Labute approximate surface area is 301 Å². The maximum Gasteiger partial charge on any atom is 0.479 e. The van der Waals surface area contributed by atoms with Crippen LogP contribution in [0.3, 0.4) is 0 Å². The normalized spacial score (nSPS) is 24.5. The number of phosphoric ester groups is 1. The lowest BCUT2D eigenvalue weighted by atomic mass is 10.1. The van der Waals surface area contributed by atoms with Crippen LogP contribution in [-0.4, -0.2) is 72.2 Å². The van der Waals surface area contributed by atoms with Gasteiger partial charge in [-0.3, -0.25) is 47.1 Å². The zero-order valence-electron chi connectivity index (χ0n) is 28.5. The molecule has 288 valence electrons. The molecule has 4 heterocycles. The van der Waals surface area contributed by atoms with Crippen LogP contribution in [0, 0.1) is 13.8 Å². The van der Waals surface area contributed by atoms with Crippen LogP contribution >= 0.6 is 7.82 Å². The van der Waals surface area contributed by atoms with Crippen molar-refractivity contribution >= 4 is 13.8 Å². The van der Waals surface area contributed by atoms with Crippen LogP contribution in [0.15, 0.2) is 66.1 Å². The molecule has 0 radical (unpaired) electrons. The van der Waals surface area contributed by atoms with Crippen molar-refractivity contribution in [2.24, 2.45) is 10.2 Å². The molecule has 24 nitrogen and oxygen atoms in total. The van der Waals surface area contributed by atoms with Gasteiger partial charge in [0.2, 0.25) is 0 Å². The lowest BCUT2D eigenvalue weighted by molar-refractivity contribution is -0.177. The molecule has 54 heavy (non-hydrogen) atoms. The highest BCUT2D eigenvalue weighted by molar-refractivity contribution is 7.48. The standard InChI is InChI=1S/C29H33N10O14P/c1-13-10-38(28(45)32-24(13)41)20-8-18(34-36-30)22(50-20)26(43)52-54(47,48-12-16-4-6-17(7-5-16)49-15(3)40)53-27(44)23-19(35-37-31)9-21(51-23)39-11-14(2)25(42)33-29(39)46/h4-7,10-11,18-23,26-27,43-44H,8-9,12H2,1-3H3,(H,32,41,45)(H,33,42,46)/t18?,19?,20-,21-,22+,23+,26?,27?,54?/m1/s1. The van der Waals surface area contributed by atoms with Gasteiger partial charge in [-0.25, -0.2) is 14.2 Å². The highest BCUT2D eigenvalue weighted by Gasteiger charge is 2.48. The van der Waals surface area contributed by atoms with Gasteiger partial charge in [-0.15, -0.1) is 0 Å². The van der Waals surface area contributed by atoms with Gasteiger partial charge in [0.05, 0.1) is 18.7 Å². The molecule has 3 aromatic rings. The van der Waals surface area contributed by atoms with E-state index < -0.39 is 92.2 Å².